The van der Waals surface area contributed by atoms with Crippen LogP contribution in [0, 0.1) is 0 Å². The molecule has 0 aliphatic rings. The van der Waals surface area contributed by atoms with Crippen molar-refractivity contribution < 1.29 is 10.0 Å². The van der Waals surface area contributed by atoms with Crippen molar-refractivity contribution in [1.29, 1.82) is 0 Å². The summed E-state index contributed by atoms with van der Waals surface area (Å²) >= 11 is 0. The summed E-state index contributed by atoms with van der Waals surface area (Å²) in [5.74, 6) is 0. The molecule has 102 valence electrons. The molecule has 3 nitrogen and oxygen atoms in total. The normalized spacial score (nSPS) is 10.4. The van der Waals surface area contributed by atoms with E-state index in [0.29, 0.717) is 5.46 Å². The van der Waals surface area contributed by atoms with Crippen LogP contribution in [0.25, 0.3) is 22.3 Å². The number of benzene rings is 2. The molecule has 3 aromatic rings. The van der Waals surface area contributed by atoms with Gasteiger partial charge in [0.1, 0.15) is 0 Å². The van der Waals surface area contributed by atoms with Crippen LogP contribution in [0.15, 0.2) is 73.1 Å². The van der Waals surface area contributed by atoms with Crippen molar-refractivity contribution in [3.8, 4) is 22.3 Å². The molecular formula is C17H14BNO2. The van der Waals surface area contributed by atoms with Gasteiger partial charge in [0.05, 0.1) is 0 Å². The Morgan fingerprint density at radius 1 is 0.667 bits per heavy atom. The predicted octanol–water partition coefficient (Wildman–Crippen LogP) is 2.10. The molecule has 0 aliphatic carbocycles. The molecule has 4 heteroatoms. The van der Waals surface area contributed by atoms with Crippen molar-refractivity contribution in [3.63, 3.8) is 0 Å². The zero-order valence-electron chi connectivity index (χ0n) is 11.3. The zero-order valence-corrected chi connectivity index (χ0v) is 11.3. The maximum absolute atomic E-state index is 9.20. The Kier molecular flexibility index (Phi) is 3.82. The predicted molar refractivity (Wildman–Crippen MR) is 84.9 cm³/mol. The smallest absolute Gasteiger partial charge is 0.423 e. The summed E-state index contributed by atoms with van der Waals surface area (Å²) in [4.78, 5) is 4.04. The molecule has 0 unspecified atom stereocenters. The summed E-state index contributed by atoms with van der Waals surface area (Å²) in [6, 6.07) is 20.0. The molecule has 0 atom stereocenters. The van der Waals surface area contributed by atoms with E-state index >= 15 is 0 Å². The number of hydrogen-bond acceptors (Lipinski definition) is 3. The van der Waals surface area contributed by atoms with Crippen molar-refractivity contribution in [3.05, 3.63) is 73.1 Å². The minimum atomic E-state index is -1.50. The van der Waals surface area contributed by atoms with Crippen LogP contribution in [0.5, 0.6) is 0 Å². The maximum Gasteiger partial charge on any atom is 0.490 e. The van der Waals surface area contributed by atoms with Crippen LogP contribution < -0.4 is 5.46 Å². The second-order valence-electron chi connectivity index (χ2n) is 4.82. The van der Waals surface area contributed by atoms with Crippen LogP contribution in [-0.4, -0.2) is 22.2 Å². The lowest BCUT2D eigenvalue weighted by molar-refractivity contribution is 0.425. The highest BCUT2D eigenvalue weighted by molar-refractivity contribution is 6.58. The van der Waals surface area contributed by atoms with Crippen molar-refractivity contribution >= 4 is 12.6 Å². The quantitative estimate of drug-likeness (QED) is 0.720. The molecule has 2 aromatic carbocycles. The van der Waals surface area contributed by atoms with Gasteiger partial charge in [0, 0.05) is 17.9 Å². The van der Waals surface area contributed by atoms with Gasteiger partial charge in [-0.25, -0.2) is 0 Å². The van der Waals surface area contributed by atoms with Gasteiger partial charge in [-0.3, -0.25) is 4.98 Å². The third-order valence-corrected chi connectivity index (χ3v) is 3.38. The van der Waals surface area contributed by atoms with E-state index in [2.05, 4.69) is 17.1 Å². The average Bonchev–Trinajstić information content (AvgIpc) is 2.56. The fraction of sp³-hybridized carbons (Fsp3) is 0. The Morgan fingerprint density at radius 2 is 1.24 bits per heavy atom. The summed E-state index contributed by atoms with van der Waals surface area (Å²) in [6.45, 7) is 0. The molecule has 1 heterocycles. The first kappa shape index (κ1) is 13.6. The Bertz CT molecular complexity index is 727. The first-order valence-corrected chi connectivity index (χ1v) is 6.71. The Morgan fingerprint density at radius 3 is 1.86 bits per heavy atom. The number of hydrogen-bond donors (Lipinski definition) is 2. The van der Waals surface area contributed by atoms with Gasteiger partial charge in [-0.05, 0) is 22.3 Å². The van der Waals surface area contributed by atoms with Crippen LogP contribution in [-0.2, 0) is 0 Å². The van der Waals surface area contributed by atoms with Gasteiger partial charge >= 0.3 is 7.12 Å². The number of pyridine rings is 1. The van der Waals surface area contributed by atoms with Crippen molar-refractivity contribution in [2.45, 2.75) is 0 Å². The van der Waals surface area contributed by atoms with E-state index in [9.17, 15) is 10.0 Å². The standard InChI is InChI=1S/C17H14BNO2/c20-18(21)17-10-16(11-19-12-17)15-8-6-14(7-9-15)13-4-2-1-3-5-13/h1-12,20-21H. The van der Waals surface area contributed by atoms with E-state index < -0.39 is 7.12 Å². The Hall–Kier alpha value is -2.43. The highest BCUT2D eigenvalue weighted by Crippen LogP contribution is 2.23. The molecule has 21 heavy (non-hydrogen) atoms. The SMILES string of the molecule is OB(O)c1cncc(-c2ccc(-c3ccccc3)cc2)c1. The van der Waals surface area contributed by atoms with Gasteiger partial charge in [0.25, 0.3) is 0 Å². The Balaban J connectivity index is 1.93. The van der Waals surface area contributed by atoms with Gasteiger partial charge < -0.3 is 10.0 Å². The summed E-state index contributed by atoms with van der Waals surface area (Å²) in [5.41, 5.74) is 4.55. The Labute approximate surface area is 123 Å². The maximum atomic E-state index is 9.20. The number of aromatic nitrogens is 1. The van der Waals surface area contributed by atoms with Crippen LogP contribution in [0.4, 0.5) is 0 Å². The lowest BCUT2D eigenvalue weighted by Crippen LogP contribution is -2.30. The van der Waals surface area contributed by atoms with Gasteiger partial charge in [-0.2, -0.15) is 0 Å². The summed E-state index contributed by atoms with van der Waals surface area (Å²) in [7, 11) is -1.50. The van der Waals surface area contributed by atoms with Crippen molar-refractivity contribution in [2.24, 2.45) is 0 Å². The van der Waals surface area contributed by atoms with Crippen LogP contribution in [0.1, 0.15) is 0 Å². The second-order valence-corrected chi connectivity index (χ2v) is 4.82. The van der Waals surface area contributed by atoms with E-state index in [0.717, 1.165) is 16.7 Å². The first-order chi connectivity index (χ1) is 10.2. The third kappa shape index (κ3) is 3.02. The van der Waals surface area contributed by atoms with E-state index in [1.165, 1.54) is 11.8 Å². The van der Waals surface area contributed by atoms with Gasteiger partial charge in [0.15, 0.2) is 0 Å². The number of nitrogens with zero attached hydrogens (tertiary/aromatic N) is 1. The van der Waals surface area contributed by atoms with Crippen LogP contribution in [0.2, 0.25) is 0 Å². The molecule has 0 saturated carbocycles. The molecule has 0 spiro atoms. The second kappa shape index (κ2) is 5.91. The first-order valence-electron chi connectivity index (χ1n) is 6.71. The van der Waals surface area contributed by atoms with Crippen molar-refractivity contribution in [1.82, 2.24) is 4.98 Å². The monoisotopic (exact) mass is 275 g/mol. The van der Waals surface area contributed by atoms with Crippen LogP contribution in [0.3, 0.4) is 0 Å². The molecule has 0 radical (unpaired) electrons. The van der Waals surface area contributed by atoms with E-state index in [-0.39, 0.29) is 0 Å². The van der Waals surface area contributed by atoms with Crippen molar-refractivity contribution in [2.75, 3.05) is 0 Å². The number of rotatable bonds is 3. The van der Waals surface area contributed by atoms with Gasteiger partial charge in [0.2, 0.25) is 0 Å². The highest BCUT2D eigenvalue weighted by atomic mass is 16.4. The summed E-state index contributed by atoms with van der Waals surface area (Å²) < 4.78 is 0. The fourth-order valence-corrected chi connectivity index (χ4v) is 2.24. The molecule has 0 bridgehead atoms. The topological polar surface area (TPSA) is 53.4 Å². The largest absolute Gasteiger partial charge is 0.490 e. The third-order valence-electron chi connectivity index (χ3n) is 3.38. The van der Waals surface area contributed by atoms with E-state index in [1.807, 2.05) is 42.5 Å². The summed E-state index contributed by atoms with van der Waals surface area (Å²) in [6.07, 6.45) is 3.16. The molecule has 0 aliphatic heterocycles. The van der Waals surface area contributed by atoms with Gasteiger partial charge in [-0.1, -0.05) is 60.7 Å². The molecule has 3 rings (SSSR count). The summed E-state index contributed by atoms with van der Waals surface area (Å²) in [5, 5.41) is 18.4. The molecule has 2 N–H and O–H groups in total. The average molecular weight is 275 g/mol. The molecule has 0 amide bonds. The zero-order chi connectivity index (χ0) is 14.7. The molecular weight excluding hydrogens is 261 g/mol. The lowest BCUT2D eigenvalue weighted by atomic mass is 9.80. The lowest BCUT2D eigenvalue weighted by Gasteiger charge is -2.06. The van der Waals surface area contributed by atoms with Crippen LogP contribution >= 0.6 is 0 Å². The molecule has 0 saturated heterocycles. The fourth-order valence-electron chi connectivity index (χ4n) is 2.24. The molecule has 0 fully saturated rings. The van der Waals surface area contributed by atoms with Gasteiger partial charge in [-0.15, -0.1) is 0 Å². The molecule has 1 aromatic heterocycles. The highest BCUT2D eigenvalue weighted by Gasteiger charge is 2.12. The van der Waals surface area contributed by atoms with E-state index in [1.54, 1.807) is 12.3 Å². The minimum Gasteiger partial charge on any atom is -0.423 e. The minimum absolute atomic E-state index is 0.389. The van der Waals surface area contributed by atoms with E-state index in [4.69, 9.17) is 0 Å².